The van der Waals surface area contributed by atoms with Crippen LogP contribution in [0.5, 0.6) is 5.75 Å². The summed E-state index contributed by atoms with van der Waals surface area (Å²) in [6.45, 7) is 3.15. The number of nitrogens with zero attached hydrogens (tertiary/aromatic N) is 2. The number of nitrogens with one attached hydrogen (secondary N) is 1. The van der Waals surface area contributed by atoms with E-state index in [0.717, 1.165) is 22.8 Å². The number of rotatable bonds is 6. The van der Waals surface area contributed by atoms with Crippen molar-refractivity contribution in [3.63, 3.8) is 0 Å². The molecule has 0 spiro atoms. The van der Waals surface area contributed by atoms with Gasteiger partial charge in [-0.3, -0.25) is 0 Å². The maximum Gasteiger partial charge on any atom is 0.136 e. The van der Waals surface area contributed by atoms with E-state index in [4.69, 9.17) is 4.74 Å². The van der Waals surface area contributed by atoms with Crippen LogP contribution in [0.1, 0.15) is 18.2 Å². The number of ether oxygens (including phenoxy) is 1. The summed E-state index contributed by atoms with van der Waals surface area (Å²) in [5.41, 5.74) is 1.56. The summed E-state index contributed by atoms with van der Waals surface area (Å²) < 4.78 is 9.56. The molecule has 0 saturated heterocycles. The topological polar surface area (TPSA) is 67.3 Å². The summed E-state index contributed by atoms with van der Waals surface area (Å²) in [6, 6.07) is 7.41. The van der Waals surface area contributed by atoms with E-state index in [1.807, 2.05) is 31.2 Å². The molecule has 0 atom stereocenters. The van der Waals surface area contributed by atoms with Crippen LogP contribution < -0.4 is 10.1 Å². The average molecular weight is 265 g/mol. The van der Waals surface area contributed by atoms with Crippen LogP contribution in [0.2, 0.25) is 0 Å². The standard InChI is InChI=1S/C12H15N3O2S/c1-2-13-12-10(14-15-18-12)8-17-11-6-4-3-5-9(11)7-16/h3-6,13,16H,2,7-8H2,1H3. The maximum atomic E-state index is 9.20. The van der Waals surface area contributed by atoms with Gasteiger partial charge < -0.3 is 15.2 Å². The smallest absolute Gasteiger partial charge is 0.136 e. The van der Waals surface area contributed by atoms with Gasteiger partial charge in [-0.15, -0.1) is 5.10 Å². The van der Waals surface area contributed by atoms with Gasteiger partial charge in [0.05, 0.1) is 6.61 Å². The number of aliphatic hydroxyl groups excluding tert-OH is 1. The van der Waals surface area contributed by atoms with Gasteiger partial charge in [-0.1, -0.05) is 22.7 Å². The molecule has 1 aromatic carbocycles. The minimum absolute atomic E-state index is 0.0362. The largest absolute Gasteiger partial charge is 0.487 e. The van der Waals surface area contributed by atoms with Gasteiger partial charge in [-0.2, -0.15) is 0 Å². The lowest BCUT2D eigenvalue weighted by Gasteiger charge is -2.09. The molecule has 0 unspecified atom stereocenters. The third-order valence-electron chi connectivity index (χ3n) is 2.40. The number of anilines is 1. The zero-order valence-corrected chi connectivity index (χ0v) is 10.9. The Bertz CT molecular complexity index is 502. The van der Waals surface area contributed by atoms with E-state index in [-0.39, 0.29) is 6.61 Å². The van der Waals surface area contributed by atoms with Crippen LogP contribution >= 0.6 is 11.5 Å². The second-order valence-electron chi connectivity index (χ2n) is 3.63. The molecule has 0 amide bonds. The van der Waals surface area contributed by atoms with Crippen molar-refractivity contribution in [1.82, 2.24) is 9.59 Å². The second-order valence-corrected chi connectivity index (χ2v) is 4.39. The van der Waals surface area contributed by atoms with E-state index in [1.165, 1.54) is 11.5 Å². The zero-order valence-electron chi connectivity index (χ0n) is 10.1. The van der Waals surface area contributed by atoms with E-state index in [0.29, 0.717) is 12.4 Å². The average Bonchev–Trinajstić information content (AvgIpc) is 2.84. The van der Waals surface area contributed by atoms with Gasteiger partial charge in [0, 0.05) is 23.6 Å². The summed E-state index contributed by atoms with van der Waals surface area (Å²) in [6.07, 6.45) is 0. The Hall–Kier alpha value is -1.66. The van der Waals surface area contributed by atoms with Crippen LogP contribution in [0, 0.1) is 0 Å². The van der Waals surface area contributed by atoms with Crippen LogP contribution in [-0.4, -0.2) is 21.2 Å². The molecule has 0 radical (unpaired) electrons. The number of hydrogen-bond donors (Lipinski definition) is 2. The van der Waals surface area contributed by atoms with E-state index in [9.17, 15) is 5.11 Å². The molecular weight excluding hydrogens is 250 g/mol. The first-order chi connectivity index (χ1) is 8.85. The Kier molecular flexibility index (Phi) is 4.49. The van der Waals surface area contributed by atoms with Crippen LogP contribution in [0.3, 0.4) is 0 Å². The van der Waals surface area contributed by atoms with Gasteiger partial charge in [0.1, 0.15) is 23.1 Å². The summed E-state index contributed by atoms with van der Waals surface area (Å²) >= 11 is 1.32. The van der Waals surface area contributed by atoms with Crippen molar-refractivity contribution in [1.29, 1.82) is 0 Å². The molecule has 0 fully saturated rings. The van der Waals surface area contributed by atoms with Crippen molar-refractivity contribution in [2.24, 2.45) is 0 Å². The van der Waals surface area contributed by atoms with Crippen molar-refractivity contribution in [3.05, 3.63) is 35.5 Å². The SMILES string of the molecule is CCNc1snnc1COc1ccccc1CO. The number of para-hydroxylation sites is 1. The van der Waals surface area contributed by atoms with E-state index < -0.39 is 0 Å². The van der Waals surface area contributed by atoms with Gasteiger partial charge in [0.25, 0.3) is 0 Å². The zero-order chi connectivity index (χ0) is 12.8. The molecule has 2 N–H and O–H groups in total. The van der Waals surface area contributed by atoms with Gasteiger partial charge in [-0.25, -0.2) is 0 Å². The lowest BCUT2D eigenvalue weighted by Crippen LogP contribution is -2.03. The fourth-order valence-electron chi connectivity index (χ4n) is 1.52. The Morgan fingerprint density at radius 1 is 1.39 bits per heavy atom. The number of aliphatic hydroxyl groups is 1. The normalized spacial score (nSPS) is 10.3. The number of benzene rings is 1. The summed E-state index contributed by atoms with van der Waals surface area (Å²) in [7, 11) is 0. The molecule has 18 heavy (non-hydrogen) atoms. The summed E-state index contributed by atoms with van der Waals surface area (Å²) in [4.78, 5) is 0. The Morgan fingerprint density at radius 2 is 2.22 bits per heavy atom. The lowest BCUT2D eigenvalue weighted by atomic mass is 10.2. The molecule has 2 rings (SSSR count). The summed E-state index contributed by atoms with van der Waals surface area (Å²) in [5, 5.41) is 17.3. The number of hydrogen-bond acceptors (Lipinski definition) is 6. The van der Waals surface area contributed by atoms with Crippen molar-refractivity contribution < 1.29 is 9.84 Å². The highest BCUT2D eigenvalue weighted by Gasteiger charge is 2.09. The van der Waals surface area contributed by atoms with E-state index in [1.54, 1.807) is 0 Å². The molecule has 0 saturated carbocycles. The molecule has 5 nitrogen and oxygen atoms in total. The van der Waals surface area contributed by atoms with Crippen LogP contribution in [0.15, 0.2) is 24.3 Å². The minimum Gasteiger partial charge on any atom is -0.487 e. The van der Waals surface area contributed by atoms with Crippen molar-refractivity contribution in [2.75, 3.05) is 11.9 Å². The van der Waals surface area contributed by atoms with Crippen molar-refractivity contribution >= 4 is 16.5 Å². The molecular formula is C12H15N3O2S. The minimum atomic E-state index is -0.0362. The fourth-order valence-corrected chi connectivity index (χ4v) is 2.15. The van der Waals surface area contributed by atoms with Gasteiger partial charge in [0.2, 0.25) is 0 Å². The predicted octanol–water partition coefficient (Wildman–Crippen LogP) is 2.04. The van der Waals surface area contributed by atoms with Gasteiger partial charge >= 0.3 is 0 Å². The highest BCUT2D eigenvalue weighted by molar-refractivity contribution is 7.10. The molecule has 1 aromatic heterocycles. The molecule has 0 aliphatic heterocycles. The molecule has 6 heteroatoms. The Labute approximate surface area is 110 Å². The predicted molar refractivity (Wildman–Crippen MR) is 70.8 cm³/mol. The van der Waals surface area contributed by atoms with Gasteiger partial charge in [0.15, 0.2) is 0 Å². The van der Waals surface area contributed by atoms with Crippen molar-refractivity contribution in [3.8, 4) is 5.75 Å². The summed E-state index contributed by atoms with van der Waals surface area (Å²) in [5.74, 6) is 0.676. The maximum absolute atomic E-state index is 9.20. The molecule has 0 aliphatic rings. The Morgan fingerprint density at radius 3 is 3.00 bits per heavy atom. The van der Waals surface area contributed by atoms with Crippen LogP contribution in [-0.2, 0) is 13.2 Å². The quantitative estimate of drug-likeness (QED) is 0.836. The Balaban J connectivity index is 2.04. The van der Waals surface area contributed by atoms with Crippen molar-refractivity contribution in [2.45, 2.75) is 20.1 Å². The van der Waals surface area contributed by atoms with Crippen LogP contribution in [0.25, 0.3) is 0 Å². The number of aromatic nitrogens is 2. The molecule has 96 valence electrons. The van der Waals surface area contributed by atoms with Gasteiger partial charge in [-0.05, 0) is 13.0 Å². The first-order valence-corrected chi connectivity index (χ1v) is 6.49. The molecule has 2 aromatic rings. The highest BCUT2D eigenvalue weighted by atomic mass is 32.1. The van der Waals surface area contributed by atoms with E-state index >= 15 is 0 Å². The van der Waals surface area contributed by atoms with Crippen LogP contribution in [0.4, 0.5) is 5.00 Å². The first kappa shape index (κ1) is 12.8. The molecule has 0 bridgehead atoms. The third-order valence-corrected chi connectivity index (χ3v) is 3.13. The second kappa shape index (κ2) is 6.32. The monoisotopic (exact) mass is 265 g/mol. The highest BCUT2D eigenvalue weighted by Crippen LogP contribution is 2.22. The lowest BCUT2D eigenvalue weighted by molar-refractivity contribution is 0.257. The molecule has 0 aliphatic carbocycles. The molecule has 1 heterocycles. The fraction of sp³-hybridized carbons (Fsp3) is 0.333. The third kappa shape index (κ3) is 2.96. The first-order valence-electron chi connectivity index (χ1n) is 5.71. The van der Waals surface area contributed by atoms with E-state index in [2.05, 4.69) is 14.9 Å².